The molecule has 38 heavy (non-hydrogen) atoms. The minimum atomic E-state index is -1.63. The van der Waals surface area contributed by atoms with Crippen LogP contribution in [0.3, 0.4) is 0 Å². The number of rotatable bonds is 9. The number of halogens is 1. The Morgan fingerprint density at radius 1 is 1.08 bits per heavy atom. The lowest BCUT2D eigenvalue weighted by atomic mass is 10.0. The molecule has 1 amide bonds. The number of hydrogen-bond donors (Lipinski definition) is 5. The third kappa shape index (κ3) is 5.79. The first-order valence-electron chi connectivity index (χ1n) is 11.9. The van der Waals surface area contributed by atoms with E-state index in [1.807, 2.05) is 48.5 Å². The first-order chi connectivity index (χ1) is 18.3. The highest BCUT2D eigenvalue weighted by atomic mass is 32.1. The molecular weight excluding hydrogens is 505 g/mol. The second kappa shape index (κ2) is 10.6. The maximum Gasteiger partial charge on any atom is 0.255 e. The van der Waals surface area contributed by atoms with Crippen LogP contribution in [0.25, 0.3) is 21.5 Å². The van der Waals surface area contributed by atoms with Crippen LogP contribution in [0.15, 0.2) is 72.5 Å². The van der Waals surface area contributed by atoms with Crippen molar-refractivity contribution in [3.63, 3.8) is 0 Å². The van der Waals surface area contributed by atoms with Gasteiger partial charge in [0.15, 0.2) is 0 Å². The van der Waals surface area contributed by atoms with Gasteiger partial charge in [-0.05, 0) is 55.8 Å². The summed E-state index contributed by atoms with van der Waals surface area (Å²) in [5.74, 6) is 0.000430. The number of aromatic amines is 1. The normalized spacial score (nSPS) is 12.3. The van der Waals surface area contributed by atoms with Gasteiger partial charge in [0, 0.05) is 29.8 Å². The third-order valence-corrected chi connectivity index (χ3v) is 6.73. The Hall–Kier alpha value is -4.35. The molecule has 11 heteroatoms. The lowest BCUT2D eigenvalue weighted by Gasteiger charge is -2.22. The summed E-state index contributed by atoms with van der Waals surface area (Å²) >= 11 is 1.54. The highest BCUT2D eigenvalue weighted by Crippen LogP contribution is 2.28. The van der Waals surface area contributed by atoms with Gasteiger partial charge in [0.05, 0.1) is 44.8 Å². The van der Waals surface area contributed by atoms with Crippen LogP contribution in [-0.4, -0.2) is 49.5 Å². The Morgan fingerprint density at radius 2 is 1.87 bits per heavy atom. The number of amides is 1. The largest absolute Gasteiger partial charge is 0.387 e. The molecule has 1 unspecified atom stereocenters. The number of H-pyrrole nitrogens is 1. The number of anilines is 4. The second-order valence-corrected chi connectivity index (χ2v) is 10.2. The van der Waals surface area contributed by atoms with Crippen molar-refractivity contribution in [2.75, 3.05) is 17.2 Å². The minimum Gasteiger partial charge on any atom is -0.387 e. The van der Waals surface area contributed by atoms with E-state index >= 15 is 0 Å². The van der Waals surface area contributed by atoms with Crippen LogP contribution in [0.1, 0.15) is 24.2 Å². The van der Waals surface area contributed by atoms with E-state index < -0.39 is 17.7 Å². The highest BCUT2D eigenvalue weighted by Gasteiger charge is 2.27. The van der Waals surface area contributed by atoms with E-state index in [4.69, 9.17) is 0 Å². The number of thiazole rings is 1. The summed E-state index contributed by atoms with van der Waals surface area (Å²) < 4.78 is 15.3. The van der Waals surface area contributed by atoms with Gasteiger partial charge < -0.3 is 21.1 Å². The van der Waals surface area contributed by atoms with Crippen LogP contribution in [0, 0.1) is 0 Å². The summed E-state index contributed by atoms with van der Waals surface area (Å²) in [6.07, 6.45) is 1.49. The van der Waals surface area contributed by atoms with Crippen LogP contribution in [0.2, 0.25) is 0 Å². The van der Waals surface area contributed by atoms with Gasteiger partial charge in [-0.15, -0.1) is 11.3 Å². The maximum absolute atomic E-state index is 14.3. The summed E-state index contributed by atoms with van der Waals surface area (Å²) in [6.45, 7) is 2.38. The topological polar surface area (TPSA) is 128 Å². The number of benzene rings is 2. The Morgan fingerprint density at radius 3 is 2.61 bits per heavy atom. The average Bonchev–Trinajstić information content (AvgIpc) is 3.59. The number of aromatic nitrogens is 4. The van der Waals surface area contributed by atoms with Crippen molar-refractivity contribution in [2.45, 2.75) is 25.6 Å². The molecule has 0 aliphatic carbocycles. The Kier molecular flexibility index (Phi) is 7.03. The van der Waals surface area contributed by atoms with E-state index in [0.29, 0.717) is 11.5 Å². The van der Waals surface area contributed by atoms with Gasteiger partial charge in [-0.25, -0.2) is 14.4 Å². The molecule has 3 heterocycles. The van der Waals surface area contributed by atoms with Gasteiger partial charge in [0.25, 0.3) is 5.91 Å². The zero-order chi connectivity index (χ0) is 26.7. The molecule has 1 atom stereocenters. The Labute approximate surface area is 222 Å². The van der Waals surface area contributed by atoms with Crippen LogP contribution in [0.5, 0.6) is 0 Å². The van der Waals surface area contributed by atoms with Gasteiger partial charge in [-0.2, -0.15) is 5.10 Å². The molecule has 9 nitrogen and oxygen atoms in total. The van der Waals surface area contributed by atoms with E-state index in [9.17, 15) is 14.3 Å². The van der Waals surface area contributed by atoms with Crippen LogP contribution in [-0.2, 0) is 0 Å². The number of aliphatic hydroxyl groups is 1. The van der Waals surface area contributed by atoms with Crippen LogP contribution < -0.4 is 16.0 Å². The molecule has 3 aromatic heterocycles. The number of hydrogen-bond acceptors (Lipinski definition) is 8. The van der Waals surface area contributed by atoms with Crippen LogP contribution in [0.4, 0.5) is 27.3 Å². The first-order valence-corrected chi connectivity index (χ1v) is 12.8. The molecule has 0 aliphatic heterocycles. The zero-order valence-electron chi connectivity index (χ0n) is 20.7. The van der Waals surface area contributed by atoms with Gasteiger partial charge in [0.1, 0.15) is 12.0 Å². The molecule has 0 spiro atoms. The molecule has 0 bridgehead atoms. The monoisotopic (exact) mass is 531 g/mol. The smallest absolute Gasteiger partial charge is 0.255 e. The van der Waals surface area contributed by atoms with Crippen molar-refractivity contribution < 1.29 is 14.3 Å². The number of alkyl halides is 1. The molecule has 2 aromatic carbocycles. The number of nitrogens with zero attached hydrogens (tertiary/aromatic N) is 3. The molecule has 194 valence electrons. The predicted octanol–water partition coefficient (Wildman–Crippen LogP) is 5.41. The van der Waals surface area contributed by atoms with Gasteiger partial charge in [0.2, 0.25) is 0 Å². The fourth-order valence-corrected chi connectivity index (χ4v) is 4.44. The molecule has 5 N–H and O–H groups in total. The second-order valence-electron chi connectivity index (χ2n) is 9.28. The van der Waals surface area contributed by atoms with Gasteiger partial charge in [-0.1, -0.05) is 12.1 Å². The van der Waals surface area contributed by atoms with Gasteiger partial charge in [-0.3, -0.25) is 9.89 Å². The summed E-state index contributed by atoms with van der Waals surface area (Å²) in [4.78, 5) is 21.7. The van der Waals surface area contributed by atoms with Crippen molar-refractivity contribution in [1.29, 1.82) is 0 Å². The summed E-state index contributed by atoms with van der Waals surface area (Å²) in [7, 11) is 0. The molecule has 5 rings (SSSR count). The molecule has 0 saturated heterocycles. The van der Waals surface area contributed by atoms with Crippen molar-refractivity contribution in [3.8, 4) is 11.3 Å². The van der Waals surface area contributed by atoms with E-state index in [2.05, 4.69) is 36.1 Å². The van der Waals surface area contributed by atoms with Gasteiger partial charge >= 0.3 is 0 Å². The Bertz CT molecular complexity index is 1550. The van der Waals surface area contributed by atoms with Crippen molar-refractivity contribution >= 4 is 50.3 Å². The lowest BCUT2D eigenvalue weighted by molar-refractivity contribution is -0.00177. The number of pyridine rings is 1. The van der Waals surface area contributed by atoms with E-state index in [-0.39, 0.29) is 12.1 Å². The molecule has 0 radical (unpaired) electrons. The minimum absolute atomic E-state index is 0.231. The van der Waals surface area contributed by atoms with Crippen molar-refractivity contribution in [2.24, 2.45) is 0 Å². The standard InChI is InChI=1S/C27H26FN7O2S/c1-27(2,37)24(28)14-30-26(36)19-13-29-25(34-18-7-8-21-23(11-18)38-15-31-21)12-22(19)33-17-5-3-16(4-6-17)20-9-10-32-35-20/h3-13,15,24,37H,14H2,1-2H3,(H,30,36)(H,32,35)(H2,29,33,34). The fraction of sp³-hybridized carbons (Fsp3) is 0.185. The number of nitrogens with one attached hydrogen (secondary N) is 4. The molecule has 5 aromatic rings. The van der Waals surface area contributed by atoms with E-state index in [0.717, 1.165) is 32.8 Å². The summed E-state index contributed by atoms with van der Waals surface area (Å²) in [5, 5.41) is 25.9. The summed E-state index contributed by atoms with van der Waals surface area (Å²) in [5.41, 5.74) is 5.26. The molecular formula is C27H26FN7O2S. The molecule has 0 saturated carbocycles. The van der Waals surface area contributed by atoms with E-state index in [1.54, 1.807) is 29.1 Å². The van der Waals surface area contributed by atoms with Crippen LogP contribution >= 0.6 is 11.3 Å². The SMILES string of the molecule is CC(C)(O)C(F)CNC(=O)c1cnc(Nc2ccc3ncsc3c2)cc1Nc1ccc(-c2ccn[nH]2)cc1. The number of carbonyl (C=O) groups is 1. The molecule has 0 fully saturated rings. The fourth-order valence-electron chi connectivity index (χ4n) is 3.72. The maximum atomic E-state index is 14.3. The first kappa shape index (κ1) is 25.3. The average molecular weight is 532 g/mol. The quantitative estimate of drug-likeness (QED) is 0.172. The lowest BCUT2D eigenvalue weighted by Crippen LogP contribution is -2.42. The van der Waals surface area contributed by atoms with Crippen molar-refractivity contribution in [1.82, 2.24) is 25.5 Å². The van der Waals surface area contributed by atoms with E-state index in [1.165, 1.54) is 20.0 Å². The molecule has 0 aliphatic rings. The summed E-state index contributed by atoms with van der Waals surface area (Å²) in [6, 6.07) is 17.0. The number of fused-ring (bicyclic) bond motifs is 1. The third-order valence-electron chi connectivity index (χ3n) is 5.94. The highest BCUT2D eigenvalue weighted by molar-refractivity contribution is 7.16. The number of carbonyl (C=O) groups excluding carboxylic acids is 1. The van der Waals surface area contributed by atoms with Crippen molar-refractivity contribution in [3.05, 3.63) is 78.1 Å². The Balaban J connectivity index is 1.41. The predicted molar refractivity (Wildman–Crippen MR) is 148 cm³/mol. The zero-order valence-corrected chi connectivity index (χ0v) is 21.5.